The van der Waals surface area contributed by atoms with Gasteiger partial charge in [-0.1, -0.05) is 41.9 Å². The molecule has 134 valence electrons. The van der Waals surface area contributed by atoms with E-state index in [1.54, 1.807) is 33.8 Å². The number of aromatic amines is 1. The highest BCUT2D eigenvalue weighted by molar-refractivity contribution is 6.30. The summed E-state index contributed by atoms with van der Waals surface area (Å²) in [5.41, 5.74) is 4.18. The van der Waals surface area contributed by atoms with E-state index in [0.29, 0.717) is 29.5 Å². The molecule has 0 saturated heterocycles. The van der Waals surface area contributed by atoms with Crippen LogP contribution in [0.25, 0.3) is 17.0 Å². The van der Waals surface area contributed by atoms with Gasteiger partial charge in [0.25, 0.3) is 5.91 Å². The molecule has 1 amide bonds. The lowest BCUT2D eigenvalue weighted by atomic mass is 10.1. The molecule has 4 heterocycles. The highest BCUT2D eigenvalue weighted by atomic mass is 35.5. The Labute approximate surface area is 160 Å². The molecular weight excluding hydrogens is 362 g/mol. The molecule has 27 heavy (non-hydrogen) atoms. The maximum atomic E-state index is 12.9. The Kier molecular flexibility index (Phi) is 3.72. The van der Waals surface area contributed by atoms with Gasteiger partial charge in [-0.15, -0.1) is 0 Å². The second-order valence-electron chi connectivity index (χ2n) is 6.59. The largest absolute Gasteiger partial charge is 0.340 e. The van der Waals surface area contributed by atoms with E-state index >= 15 is 0 Å². The summed E-state index contributed by atoms with van der Waals surface area (Å²) in [4.78, 5) is 27.2. The predicted molar refractivity (Wildman–Crippen MR) is 103 cm³/mol. The first-order valence-electron chi connectivity index (χ1n) is 8.74. The minimum absolute atomic E-state index is 0.0867. The number of carbonyl (C=O) groups is 1. The number of benzene rings is 1. The second kappa shape index (κ2) is 6.25. The third-order valence-corrected chi connectivity index (χ3v) is 5.02. The normalized spacial score (nSPS) is 13.7. The van der Waals surface area contributed by atoms with E-state index in [2.05, 4.69) is 9.97 Å². The van der Waals surface area contributed by atoms with E-state index in [1.807, 2.05) is 30.3 Å². The monoisotopic (exact) mass is 377 g/mol. The number of nitrogens with one attached hydrogen (secondary N) is 1. The Bertz CT molecular complexity index is 1150. The van der Waals surface area contributed by atoms with Gasteiger partial charge in [0.2, 0.25) is 0 Å². The number of imidazole rings is 2. The van der Waals surface area contributed by atoms with Crippen molar-refractivity contribution in [2.24, 2.45) is 0 Å². The maximum Gasteiger partial charge on any atom is 0.274 e. The van der Waals surface area contributed by atoms with E-state index in [0.717, 1.165) is 29.2 Å². The fraction of sp³-hybridized carbons (Fsp3) is 0.150. The Morgan fingerprint density at radius 3 is 2.78 bits per heavy atom. The van der Waals surface area contributed by atoms with Gasteiger partial charge in [0, 0.05) is 30.9 Å². The van der Waals surface area contributed by atoms with Gasteiger partial charge in [-0.2, -0.15) is 0 Å². The van der Waals surface area contributed by atoms with Gasteiger partial charge in [-0.05, 0) is 12.1 Å². The number of nitrogens with zero attached hydrogens (tertiary/aromatic N) is 4. The molecule has 0 spiro atoms. The molecule has 1 aliphatic rings. The molecule has 0 aliphatic carbocycles. The summed E-state index contributed by atoms with van der Waals surface area (Å²) >= 11 is 6.01. The van der Waals surface area contributed by atoms with Crippen LogP contribution in [0.5, 0.6) is 0 Å². The average molecular weight is 378 g/mol. The van der Waals surface area contributed by atoms with Crippen LogP contribution in [0.1, 0.15) is 21.9 Å². The Morgan fingerprint density at radius 1 is 1.07 bits per heavy atom. The number of carbonyl (C=O) groups excluding carboxylic acids is 1. The third-order valence-electron chi connectivity index (χ3n) is 4.80. The van der Waals surface area contributed by atoms with Crippen LogP contribution in [0.2, 0.25) is 5.02 Å². The van der Waals surface area contributed by atoms with Crippen LogP contribution in [0.15, 0.2) is 54.9 Å². The van der Waals surface area contributed by atoms with Crippen molar-refractivity contribution in [3.8, 4) is 11.4 Å². The predicted octanol–water partition coefficient (Wildman–Crippen LogP) is 3.58. The SMILES string of the molecule is O=C(c1cn2cc(Cl)ccc2n1)N1CCc2nc(-c3ccccc3)[nH]c2C1. The minimum Gasteiger partial charge on any atom is -0.340 e. The molecule has 0 atom stereocenters. The molecule has 1 aliphatic heterocycles. The quantitative estimate of drug-likeness (QED) is 0.580. The zero-order chi connectivity index (χ0) is 18.4. The Morgan fingerprint density at radius 2 is 1.93 bits per heavy atom. The number of rotatable bonds is 2. The Balaban J connectivity index is 1.41. The van der Waals surface area contributed by atoms with Crippen molar-refractivity contribution >= 4 is 23.2 Å². The van der Waals surface area contributed by atoms with Gasteiger partial charge in [0.15, 0.2) is 0 Å². The Hall–Kier alpha value is -3.12. The van der Waals surface area contributed by atoms with Crippen LogP contribution in [0, 0.1) is 0 Å². The van der Waals surface area contributed by atoms with Gasteiger partial charge < -0.3 is 14.3 Å². The molecule has 7 heteroatoms. The topological polar surface area (TPSA) is 66.3 Å². The molecule has 5 rings (SSSR count). The van der Waals surface area contributed by atoms with Gasteiger partial charge >= 0.3 is 0 Å². The molecule has 0 saturated carbocycles. The number of pyridine rings is 1. The van der Waals surface area contributed by atoms with Crippen molar-refractivity contribution in [3.05, 3.63) is 77.0 Å². The summed E-state index contributed by atoms with van der Waals surface area (Å²) < 4.78 is 1.77. The van der Waals surface area contributed by atoms with Crippen LogP contribution < -0.4 is 0 Å². The smallest absolute Gasteiger partial charge is 0.274 e. The first-order valence-corrected chi connectivity index (χ1v) is 9.12. The maximum absolute atomic E-state index is 12.9. The van der Waals surface area contributed by atoms with Crippen molar-refractivity contribution in [1.82, 2.24) is 24.3 Å². The second-order valence-corrected chi connectivity index (χ2v) is 7.03. The standard InChI is InChI=1S/C20H16ClN5O/c21-14-6-7-18-22-17(12-26(18)10-14)20(27)25-9-8-15-16(11-25)24-19(23-15)13-4-2-1-3-5-13/h1-7,10,12H,8-9,11H2,(H,23,24). The third kappa shape index (κ3) is 2.88. The molecule has 0 fully saturated rings. The van der Waals surface area contributed by atoms with Crippen molar-refractivity contribution in [3.63, 3.8) is 0 Å². The zero-order valence-corrected chi connectivity index (χ0v) is 15.1. The van der Waals surface area contributed by atoms with E-state index in [-0.39, 0.29) is 5.91 Å². The van der Waals surface area contributed by atoms with E-state index in [1.165, 1.54) is 0 Å². The van der Waals surface area contributed by atoms with Gasteiger partial charge in [0.05, 0.1) is 23.0 Å². The van der Waals surface area contributed by atoms with E-state index in [9.17, 15) is 4.79 Å². The minimum atomic E-state index is -0.0867. The molecule has 1 N–H and O–H groups in total. The number of aromatic nitrogens is 4. The van der Waals surface area contributed by atoms with Crippen LogP contribution in [0.3, 0.4) is 0 Å². The van der Waals surface area contributed by atoms with Crippen molar-refractivity contribution < 1.29 is 4.79 Å². The van der Waals surface area contributed by atoms with Gasteiger partial charge in [-0.3, -0.25) is 4.79 Å². The number of amides is 1. The summed E-state index contributed by atoms with van der Waals surface area (Å²) in [5.74, 6) is 0.758. The average Bonchev–Trinajstić information content (AvgIpc) is 3.31. The molecule has 4 aromatic rings. The number of halogens is 1. The summed E-state index contributed by atoms with van der Waals surface area (Å²) in [5, 5.41) is 0.604. The molecule has 1 aromatic carbocycles. The van der Waals surface area contributed by atoms with Gasteiger partial charge in [-0.25, -0.2) is 9.97 Å². The van der Waals surface area contributed by atoms with Crippen molar-refractivity contribution in [1.29, 1.82) is 0 Å². The summed E-state index contributed by atoms with van der Waals surface area (Å²) in [6, 6.07) is 13.6. The van der Waals surface area contributed by atoms with Crippen molar-refractivity contribution in [2.45, 2.75) is 13.0 Å². The zero-order valence-electron chi connectivity index (χ0n) is 14.4. The number of fused-ring (bicyclic) bond motifs is 2. The lowest BCUT2D eigenvalue weighted by Gasteiger charge is -2.25. The van der Waals surface area contributed by atoms with Crippen LogP contribution in [0.4, 0.5) is 0 Å². The van der Waals surface area contributed by atoms with Crippen LogP contribution >= 0.6 is 11.6 Å². The van der Waals surface area contributed by atoms with Crippen LogP contribution in [-0.2, 0) is 13.0 Å². The molecule has 0 unspecified atom stereocenters. The van der Waals surface area contributed by atoms with E-state index in [4.69, 9.17) is 16.6 Å². The summed E-state index contributed by atoms with van der Waals surface area (Å²) in [6.07, 6.45) is 4.20. The van der Waals surface area contributed by atoms with E-state index < -0.39 is 0 Å². The van der Waals surface area contributed by atoms with Gasteiger partial charge in [0.1, 0.15) is 17.2 Å². The highest BCUT2D eigenvalue weighted by Gasteiger charge is 2.26. The number of H-pyrrole nitrogens is 1. The molecule has 0 radical (unpaired) electrons. The molecule has 0 bridgehead atoms. The first kappa shape index (κ1) is 16.1. The van der Waals surface area contributed by atoms with Crippen molar-refractivity contribution in [2.75, 3.05) is 6.54 Å². The summed E-state index contributed by atoms with van der Waals surface area (Å²) in [6.45, 7) is 1.13. The fourth-order valence-electron chi connectivity index (χ4n) is 3.43. The highest BCUT2D eigenvalue weighted by Crippen LogP contribution is 2.23. The van der Waals surface area contributed by atoms with Crippen LogP contribution in [-0.4, -0.2) is 36.7 Å². The lowest BCUT2D eigenvalue weighted by molar-refractivity contribution is 0.0726. The molecule has 6 nitrogen and oxygen atoms in total. The first-order chi connectivity index (χ1) is 13.2. The number of hydrogen-bond donors (Lipinski definition) is 1. The number of hydrogen-bond acceptors (Lipinski definition) is 3. The molecular formula is C20H16ClN5O. The summed E-state index contributed by atoms with van der Waals surface area (Å²) in [7, 11) is 0. The fourth-order valence-corrected chi connectivity index (χ4v) is 3.60. The lowest BCUT2D eigenvalue weighted by Crippen LogP contribution is -2.36. The molecule has 3 aromatic heterocycles.